The van der Waals surface area contributed by atoms with Gasteiger partial charge in [0.2, 0.25) is 0 Å². The van der Waals surface area contributed by atoms with Crippen LogP contribution < -0.4 is 4.74 Å². The van der Waals surface area contributed by atoms with Gasteiger partial charge >= 0.3 is 0 Å². The fourth-order valence-corrected chi connectivity index (χ4v) is 2.58. The van der Waals surface area contributed by atoms with Crippen LogP contribution in [0.3, 0.4) is 0 Å². The maximum atomic E-state index is 11.6. The maximum absolute atomic E-state index is 11.6. The molecule has 4 heteroatoms. The molecule has 16 heavy (non-hydrogen) atoms. The normalized spacial score (nSPS) is 14.5. The summed E-state index contributed by atoms with van der Waals surface area (Å²) in [7, 11) is 1.59. The summed E-state index contributed by atoms with van der Waals surface area (Å²) in [5, 5.41) is 1.53. The van der Waals surface area contributed by atoms with Crippen LogP contribution in [0.15, 0.2) is 12.1 Å². The first-order valence-corrected chi connectivity index (χ1v) is 5.50. The molecule has 0 aliphatic heterocycles. The van der Waals surface area contributed by atoms with Crippen LogP contribution in [-0.4, -0.2) is 17.9 Å². The van der Waals surface area contributed by atoms with Crippen molar-refractivity contribution in [2.24, 2.45) is 0 Å². The minimum Gasteiger partial charge on any atom is -0.494 e. The second-order valence-corrected chi connectivity index (χ2v) is 4.31. The highest BCUT2D eigenvalue weighted by molar-refractivity contribution is 6.33. The minimum atomic E-state index is 0.171. The third-order valence-electron chi connectivity index (χ3n) is 3.06. The SMILES string of the molecule is COc1c(Cl)ccc2[nH]c3c(c12)CCC3=O. The van der Waals surface area contributed by atoms with Gasteiger partial charge in [-0.3, -0.25) is 4.79 Å². The number of benzene rings is 1. The molecule has 0 radical (unpaired) electrons. The number of rotatable bonds is 1. The molecular weight excluding hydrogens is 226 g/mol. The molecule has 1 aliphatic rings. The maximum Gasteiger partial charge on any atom is 0.179 e. The van der Waals surface area contributed by atoms with Crippen molar-refractivity contribution in [1.82, 2.24) is 4.98 Å². The molecule has 82 valence electrons. The van der Waals surface area contributed by atoms with E-state index in [1.807, 2.05) is 6.07 Å². The van der Waals surface area contributed by atoms with Gasteiger partial charge in [-0.1, -0.05) is 11.6 Å². The Bertz CT molecular complexity index is 601. The standard InChI is InChI=1S/C12H10ClNO2/c1-16-12-7(13)3-4-8-10(12)6-2-5-9(15)11(6)14-8/h3-4,14H,2,5H2,1H3. The van der Waals surface area contributed by atoms with Crippen molar-refractivity contribution in [2.75, 3.05) is 7.11 Å². The number of fused-ring (bicyclic) bond motifs is 3. The van der Waals surface area contributed by atoms with Gasteiger partial charge in [0.15, 0.2) is 5.78 Å². The summed E-state index contributed by atoms with van der Waals surface area (Å²) < 4.78 is 5.31. The fourth-order valence-electron chi connectivity index (χ4n) is 2.35. The summed E-state index contributed by atoms with van der Waals surface area (Å²) in [4.78, 5) is 14.8. The van der Waals surface area contributed by atoms with Crippen molar-refractivity contribution >= 4 is 28.3 Å². The van der Waals surface area contributed by atoms with E-state index in [0.717, 1.165) is 28.6 Å². The molecule has 0 saturated carbocycles. The van der Waals surface area contributed by atoms with E-state index in [4.69, 9.17) is 16.3 Å². The van der Waals surface area contributed by atoms with Gasteiger partial charge in [0.25, 0.3) is 0 Å². The number of Topliss-reactive ketones (excluding diaryl/α,β-unsaturated/α-hetero) is 1. The van der Waals surface area contributed by atoms with Gasteiger partial charge in [-0.05, 0) is 24.1 Å². The molecule has 0 unspecified atom stereocenters. The number of carbonyl (C=O) groups excluding carboxylic acids is 1. The van der Waals surface area contributed by atoms with Crippen LogP contribution in [0, 0.1) is 0 Å². The summed E-state index contributed by atoms with van der Waals surface area (Å²) in [6.45, 7) is 0. The molecule has 1 heterocycles. The largest absolute Gasteiger partial charge is 0.494 e. The fraction of sp³-hybridized carbons (Fsp3) is 0.250. The van der Waals surface area contributed by atoms with E-state index < -0.39 is 0 Å². The number of carbonyl (C=O) groups is 1. The monoisotopic (exact) mass is 235 g/mol. The lowest BCUT2D eigenvalue weighted by Crippen LogP contribution is -1.91. The quantitative estimate of drug-likeness (QED) is 0.826. The van der Waals surface area contributed by atoms with E-state index in [9.17, 15) is 4.79 Å². The number of hydrogen-bond acceptors (Lipinski definition) is 2. The van der Waals surface area contributed by atoms with Gasteiger partial charge in [0.05, 0.1) is 23.3 Å². The average molecular weight is 236 g/mol. The van der Waals surface area contributed by atoms with Gasteiger partial charge in [-0.15, -0.1) is 0 Å². The van der Waals surface area contributed by atoms with Crippen LogP contribution >= 0.6 is 11.6 Å². The number of aromatic nitrogens is 1. The average Bonchev–Trinajstić information content (AvgIpc) is 2.80. The molecule has 0 bridgehead atoms. The van der Waals surface area contributed by atoms with Crippen LogP contribution in [0.25, 0.3) is 10.9 Å². The predicted octanol–water partition coefficient (Wildman–Crippen LogP) is 2.96. The van der Waals surface area contributed by atoms with Crippen LogP contribution in [0.2, 0.25) is 5.02 Å². The zero-order chi connectivity index (χ0) is 11.3. The zero-order valence-electron chi connectivity index (χ0n) is 8.76. The van der Waals surface area contributed by atoms with E-state index >= 15 is 0 Å². The van der Waals surface area contributed by atoms with Crippen molar-refractivity contribution in [2.45, 2.75) is 12.8 Å². The minimum absolute atomic E-state index is 0.171. The number of aromatic amines is 1. The van der Waals surface area contributed by atoms with E-state index in [0.29, 0.717) is 17.2 Å². The molecule has 3 rings (SSSR count). The molecule has 3 nitrogen and oxygen atoms in total. The number of H-pyrrole nitrogens is 1. The first-order valence-electron chi connectivity index (χ1n) is 5.12. The van der Waals surface area contributed by atoms with Gasteiger partial charge in [-0.25, -0.2) is 0 Å². The Kier molecular flexibility index (Phi) is 1.98. The zero-order valence-corrected chi connectivity index (χ0v) is 9.52. The lowest BCUT2D eigenvalue weighted by Gasteiger charge is -2.05. The Morgan fingerprint density at radius 3 is 2.94 bits per heavy atom. The van der Waals surface area contributed by atoms with E-state index in [1.54, 1.807) is 13.2 Å². The highest BCUT2D eigenvalue weighted by Crippen LogP contribution is 2.39. The Hall–Kier alpha value is -1.48. The Labute approximate surface area is 97.4 Å². The lowest BCUT2D eigenvalue weighted by molar-refractivity contribution is 0.0991. The molecule has 0 atom stereocenters. The van der Waals surface area contributed by atoms with Crippen molar-refractivity contribution in [3.8, 4) is 5.75 Å². The van der Waals surface area contributed by atoms with Gasteiger partial charge in [0, 0.05) is 11.8 Å². The van der Waals surface area contributed by atoms with Crippen LogP contribution in [0.4, 0.5) is 0 Å². The molecule has 0 saturated heterocycles. The third kappa shape index (κ3) is 1.12. The first-order chi connectivity index (χ1) is 7.72. The van der Waals surface area contributed by atoms with Crippen molar-refractivity contribution in [3.05, 3.63) is 28.4 Å². The van der Waals surface area contributed by atoms with Crippen molar-refractivity contribution in [1.29, 1.82) is 0 Å². The summed E-state index contributed by atoms with van der Waals surface area (Å²) in [5.41, 5.74) is 2.68. The van der Waals surface area contributed by atoms with Crippen molar-refractivity contribution in [3.63, 3.8) is 0 Å². The molecule has 1 aliphatic carbocycles. The number of methoxy groups -OCH3 is 1. The third-order valence-corrected chi connectivity index (χ3v) is 3.36. The highest BCUT2D eigenvalue weighted by Gasteiger charge is 2.26. The van der Waals surface area contributed by atoms with Crippen LogP contribution in [0.1, 0.15) is 22.5 Å². The molecule has 0 spiro atoms. The summed E-state index contributed by atoms with van der Waals surface area (Å²) in [6, 6.07) is 3.66. The predicted molar refractivity (Wildman–Crippen MR) is 62.5 cm³/mol. The van der Waals surface area contributed by atoms with Gasteiger partial charge in [0.1, 0.15) is 5.75 Å². The van der Waals surface area contributed by atoms with E-state index in [1.165, 1.54) is 0 Å². The Morgan fingerprint density at radius 1 is 1.38 bits per heavy atom. The molecule has 1 N–H and O–H groups in total. The van der Waals surface area contributed by atoms with E-state index in [-0.39, 0.29) is 5.78 Å². The number of ketones is 1. The summed E-state index contributed by atoms with van der Waals surface area (Å²) in [6.07, 6.45) is 1.34. The summed E-state index contributed by atoms with van der Waals surface area (Å²) >= 11 is 6.07. The van der Waals surface area contributed by atoms with Crippen LogP contribution in [-0.2, 0) is 6.42 Å². The number of hydrogen-bond donors (Lipinski definition) is 1. The molecule has 0 amide bonds. The molecule has 0 fully saturated rings. The summed E-state index contributed by atoms with van der Waals surface area (Å²) in [5.74, 6) is 0.829. The second-order valence-electron chi connectivity index (χ2n) is 3.90. The Balaban J connectivity index is 2.43. The molecule has 1 aromatic heterocycles. The number of aryl methyl sites for hydroxylation is 1. The number of halogens is 1. The number of nitrogens with one attached hydrogen (secondary N) is 1. The van der Waals surface area contributed by atoms with Crippen molar-refractivity contribution < 1.29 is 9.53 Å². The molecule has 1 aromatic carbocycles. The lowest BCUT2D eigenvalue weighted by atomic mass is 10.1. The second kappa shape index (κ2) is 3.25. The van der Waals surface area contributed by atoms with E-state index in [2.05, 4.69) is 4.98 Å². The first kappa shape index (κ1) is 9.73. The Morgan fingerprint density at radius 2 is 2.19 bits per heavy atom. The molecule has 2 aromatic rings. The smallest absolute Gasteiger partial charge is 0.179 e. The topological polar surface area (TPSA) is 42.1 Å². The van der Waals surface area contributed by atoms with Crippen LogP contribution in [0.5, 0.6) is 5.75 Å². The highest BCUT2D eigenvalue weighted by atomic mass is 35.5. The number of ether oxygens (including phenoxy) is 1. The van der Waals surface area contributed by atoms with Gasteiger partial charge in [-0.2, -0.15) is 0 Å². The van der Waals surface area contributed by atoms with Gasteiger partial charge < -0.3 is 9.72 Å². The molecular formula is C12H10ClNO2.